The first-order valence-corrected chi connectivity index (χ1v) is 17.6. The number of nitrogens with one attached hydrogen (secondary N) is 1. The van der Waals surface area contributed by atoms with E-state index in [-0.39, 0.29) is 24.5 Å². The lowest BCUT2D eigenvalue weighted by atomic mass is 9.97. The van der Waals surface area contributed by atoms with Crippen molar-refractivity contribution in [1.82, 2.24) is 9.88 Å². The van der Waals surface area contributed by atoms with Crippen molar-refractivity contribution in [3.8, 4) is 11.3 Å². The predicted octanol–water partition coefficient (Wildman–Crippen LogP) is 6.42. The Bertz CT molecular complexity index is 1650. The van der Waals surface area contributed by atoms with E-state index in [1.54, 1.807) is 24.3 Å². The lowest BCUT2D eigenvalue weighted by Gasteiger charge is -2.33. The third-order valence-electron chi connectivity index (χ3n) is 9.71. The van der Waals surface area contributed by atoms with E-state index in [0.717, 1.165) is 55.7 Å². The summed E-state index contributed by atoms with van der Waals surface area (Å²) >= 11 is 13.0. The molecule has 4 aliphatic rings. The molecule has 1 saturated heterocycles. The van der Waals surface area contributed by atoms with Gasteiger partial charge in [-0.15, -0.1) is 0 Å². The summed E-state index contributed by atoms with van der Waals surface area (Å²) in [6, 6.07) is 12.7. The Kier molecular flexibility index (Phi) is 7.94. The Balaban J connectivity index is 0.989. The molecule has 1 amide bonds. The van der Waals surface area contributed by atoms with Crippen LogP contribution in [0.1, 0.15) is 85.4 Å². The highest BCUT2D eigenvalue weighted by Gasteiger charge is 2.46. The largest absolute Gasteiger partial charge is 0.373 e. The number of sulfonamides is 1. The molecule has 44 heavy (non-hydrogen) atoms. The van der Waals surface area contributed by atoms with Crippen LogP contribution in [0, 0.1) is 5.92 Å². The van der Waals surface area contributed by atoms with Gasteiger partial charge in [-0.2, -0.15) is 0 Å². The van der Waals surface area contributed by atoms with Gasteiger partial charge in [0.15, 0.2) is 4.93 Å². The van der Waals surface area contributed by atoms with E-state index in [1.165, 1.54) is 0 Å². The van der Waals surface area contributed by atoms with Crippen LogP contribution in [-0.4, -0.2) is 48.2 Å². The smallest absolute Gasteiger partial charge is 0.265 e. The van der Waals surface area contributed by atoms with Crippen LogP contribution in [0.2, 0.25) is 10.0 Å². The molecular formula is C32H35Cl2N3O6S. The summed E-state index contributed by atoms with van der Waals surface area (Å²) in [7, 11) is -4.21. The summed E-state index contributed by atoms with van der Waals surface area (Å²) in [6.45, 7) is 1.20. The Labute approximate surface area is 266 Å². The second-order valence-electron chi connectivity index (χ2n) is 12.6. The van der Waals surface area contributed by atoms with Crippen molar-refractivity contribution in [3.63, 3.8) is 0 Å². The number of nitrogens with zero attached hydrogens (tertiary/aromatic N) is 2. The van der Waals surface area contributed by atoms with Gasteiger partial charge in [-0.1, -0.05) is 40.8 Å². The number of anilines is 1. The molecule has 3 saturated carbocycles. The highest BCUT2D eigenvalue weighted by Crippen LogP contribution is 2.47. The van der Waals surface area contributed by atoms with E-state index in [1.807, 2.05) is 18.2 Å². The van der Waals surface area contributed by atoms with Gasteiger partial charge in [-0.05, 0) is 87.8 Å². The number of aromatic nitrogens is 1. The van der Waals surface area contributed by atoms with Crippen LogP contribution >= 0.6 is 23.2 Å². The zero-order valence-corrected chi connectivity index (χ0v) is 26.5. The summed E-state index contributed by atoms with van der Waals surface area (Å²) in [5.41, 5.74) is 3.46. The highest BCUT2D eigenvalue weighted by atomic mass is 35.5. The van der Waals surface area contributed by atoms with Crippen molar-refractivity contribution >= 4 is 44.8 Å². The van der Waals surface area contributed by atoms with Gasteiger partial charge >= 0.3 is 0 Å². The number of fused-ring (bicyclic) bond motifs is 2. The number of aliphatic hydroxyl groups is 1. The van der Waals surface area contributed by atoms with Gasteiger partial charge in [0.25, 0.3) is 15.9 Å². The van der Waals surface area contributed by atoms with Gasteiger partial charge in [0, 0.05) is 46.8 Å². The van der Waals surface area contributed by atoms with Crippen LogP contribution in [-0.2, 0) is 21.4 Å². The fourth-order valence-electron chi connectivity index (χ4n) is 7.12. The number of piperidine rings is 1. The summed E-state index contributed by atoms with van der Waals surface area (Å²) in [6.07, 6.45) is 6.48. The number of hydrogen-bond acceptors (Lipinski definition) is 8. The minimum Gasteiger partial charge on any atom is -0.373 e. The number of benzene rings is 2. The number of carbonyl (C=O) groups excluding carboxylic acids is 1. The molecule has 2 bridgehead atoms. The second-order valence-corrected chi connectivity index (χ2v) is 15.4. The van der Waals surface area contributed by atoms with E-state index in [0.29, 0.717) is 58.6 Å². The number of carbonyl (C=O) groups is 1. The Hall–Kier alpha value is -2.63. The van der Waals surface area contributed by atoms with Crippen molar-refractivity contribution in [2.75, 3.05) is 11.4 Å². The minimum absolute atomic E-state index is 0.0913. The number of ether oxygens (including phenoxy) is 1. The van der Waals surface area contributed by atoms with Crippen LogP contribution in [0.25, 0.3) is 11.3 Å². The molecule has 3 aliphatic carbocycles. The Morgan fingerprint density at radius 2 is 1.77 bits per heavy atom. The number of halogens is 2. The standard InChI is InChI=1S/C32H35Cl2N3O6S/c33-25-5-4-6-26(34)28(25)29-24(30(43-35-29)19-7-8-19)18-42-27-16-23-15-21(27)17-37(23)22-11-9-20(10-12-22)31(38)36-44(40,41)32(39)13-2-1-3-14-32/h4-6,9-12,19,21,23,27,39H,1-3,7-8,13-18H2,(H,36,38)/t21-,23-,27+/m0/s1. The number of amides is 1. The Morgan fingerprint density at radius 3 is 2.41 bits per heavy atom. The SMILES string of the molecule is O=C(NS(=O)(=O)C1(O)CCCCC1)c1ccc(N2C[C@@H]3C[C@H]2C[C@H]3OCc2c(-c3c(Cl)cccc3Cl)noc2C2CC2)cc1. The summed E-state index contributed by atoms with van der Waals surface area (Å²) in [5, 5.41) is 16.1. The Morgan fingerprint density at radius 1 is 1.07 bits per heavy atom. The van der Waals surface area contributed by atoms with Gasteiger partial charge in [0.2, 0.25) is 0 Å². The molecule has 2 aromatic carbocycles. The average Bonchev–Trinajstić information content (AvgIpc) is 3.45. The summed E-state index contributed by atoms with van der Waals surface area (Å²) < 4.78 is 40.0. The van der Waals surface area contributed by atoms with E-state index in [4.69, 9.17) is 32.5 Å². The molecule has 0 spiro atoms. The third-order valence-corrected chi connectivity index (χ3v) is 12.2. The first-order chi connectivity index (χ1) is 21.1. The molecule has 234 valence electrons. The summed E-state index contributed by atoms with van der Waals surface area (Å²) in [5.74, 6) is 0.837. The van der Waals surface area contributed by atoms with Gasteiger partial charge in [0.1, 0.15) is 11.5 Å². The fourth-order valence-corrected chi connectivity index (χ4v) is 9.07. The molecule has 3 aromatic rings. The molecule has 1 aromatic heterocycles. The van der Waals surface area contributed by atoms with Crippen LogP contribution < -0.4 is 9.62 Å². The van der Waals surface area contributed by atoms with Crippen molar-refractivity contribution in [1.29, 1.82) is 0 Å². The molecule has 4 fully saturated rings. The molecule has 7 rings (SSSR count). The molecule has 2 N–H and O–H groups in total. The van der Waals surface area contributed by atoms with Gasteiger partial charge in [-0.25, -0.2) is 13.1 Å². The number of hydrogen-bond donors (Lipinski definition) is 2. The minimum atomic E-state index is -4.21. The van der Waals surface area contributed by atoms with Crippen LogP contribution in [0.5, 0.6) is 0 Å². The first-order valence-electron chi connectivity index (χ1n) is 15.3. The monoisotopic (exact) mass is 659 g/mol. The maximum absolute atomic E-state index is 12.8. The van der Waals surface area contributed by atoms with Gasteiger partial charge in [0.05, 0.1) is 22.8 Å². The molecule has 12 heteroatoms. The predicted molar refractivity (Wildman–Crippen MR) is 167 cm³/mol. The maximum Gasteiger partial charge on any atom is 0.265 e. The maximum atomic E-state index is 12.8. The molecular weight excluding hydrogens is 625 g/mol. The van der Waals surface area contributed by atoms with Crippen LogP contribution in [0.3, 0.4) is 0 Å². The second kappa shape index (κ2) is 11.6. The van der Waals surface area contributed by atoms with Crippen LogP contribution in [0.15, 0.2) is 47.0 Å². The highest BCUT2D eigenvalue weighted by molar-refractivity contribution is 7.91. The summed E-state index contributed by atoms with van der Waals surface area (Å²) in [4.78, 5) is 13.2. The molecule has 0 radical (unpaired) electrons. The lowest BCUT2D eigenvalue weighted by molar-refractivity contribution is 0.0122. The van der Waals surface area contributed by atoms with Crippen molar-refractivity contribution in [3.05, 3.63) is 69.4 Å². The normalized spacial score (nSPS) is 24.5. The molecule has 3 atom stereocenters. The van der Waals surface area contributed by atoms with E-state index < -0.39 is 20.9 Å². The van der Waals surface area contributed by atoms with E-state index in [2.05, 4.69) is 14.8 Å². The lowest BCUT2D eigenvalue weighted by Crippen LogP contribution is -2.49. The molecule has 9 nitrogen and oxygen atoms in total. The fraction of sp³-hybridized carbons (Fsp3) is 0.500. The molecule has 0 unspecified atom stereocenters. The van der Waals surface area contributed by atoms with E-state index >= 15 is 0 Å². The van der Waals surface area contributed by atoms with Crippen LogP contribution in [0.4, 0.5) is 5.69 Å². The zero-order chi connectivity index (χ0) is 30.6. The third kappa shape index (κ3) is 5.53. The quantitative estimate of drug-likeness (QED) is 0.270. The molecule has 1 aliphatic heterocycles. The van der Waals surface area contributed by atoms with Crippen molar-refractivity contribution in [2.45, 2.75) is 87.4 Å². The average molecular weight is 661 g/mol. The zero-order valence-electron chi connectivity index (χ0n) is 24.2. The van der Waals surface area contributed by atoms with E-state index in [9.17, 15) is 18.3 Å². The topological polar surface area (TPSA) is 122 Å². The van der Waals surface area contributed by atoms with Crippen molar-refractivity contribution in [2.24, 2.45) is 5.92 Å². The van der Waals surface area contributed by atoms with Crippen molar-refractivity contribution < 1.29 is 27.6 Å². The van der Waals surface area contributed by atoms with Gasteiger partial charge < -0.3 is 19.3 Å². The number of rotatable bonds is 9. The van der Waals surface area contributed by atoms with Gasteiger partial charge in [-0.3, -0.25) is 4.79 Å². The molecule has 2 heterocycles. The first kappa shape index (κ1) is 30.0.